The molecule has 18 heavy (non-hydrogen) atoms. The van der Waals surface area contributed by atoms with E-state index in [1.54, 1.807) is 0 Å². The summed E-state index contributed by atoms with van der Waals surface area (Å²) < 4.78 is 0. The highest BCUT2D eigenvalue weighted by Crippen LogP contribution is 2.22. The second kappa shape index (κ2) is 6.21. The molecular formula is C14H20ClN3. The van der Waals surface area contributed by atoms with Crippen LogP contribution in [0.5, 0.6) is 0 Å². The molecule has 3 nitrogen and oxygen atoms in total. The number of H-pyrrole nitrogens is 1. The van der Waals surface area contributed by atoms with Crippen LogP contribution in [0, 0.1) is 5.92 Å². The quantitative estimate of drug-likeness (QED) is 0.840. The van der Waals surface area contributed by atoms with Gasteiger partial charge in [0.05, 0.1) is 10.5 Å². The van der Waals surface area contributed by atoms with Gasteiger partial charge in [0.2, 0.25) is 0 Å². The van der Waals surface area contributed by atoms with Crippen LogP contribution >= 0.6 is 11.6 Å². The largest absolute Gasteiger partial charge is 0.342 e. The molecule has 1 atom stereocenters. The molecule has 0 amide bonds. The highest BCUT2D eigenvalue weighted by Gasteiger charge is 2.09. The zero-order chi connectivity index (χ0) is 13.0. The Morgan fingerprint density at radius 3 is 2.89 bits per heavy atom. The van der Waals surface area contributed by atoms with Crippen LogP contribution in [0.2, 0.25) is 5.02 Å². The molecule has 0 fully saturated rings. The monoisotopic (exact) mass is 265 g/mol. The molecule has 0 saturated carbocycles. The third kappa shape index (κ3) is 3.03. The van der Waals surface area contributed by atoms with Gasteiger partial charge in [-0.05, 0) is 37.4 Å². The molecule has 3 N–H and O–H groups in total. The number of aryl methyl sites for hydroxylation is 1. The lowest BCUT2D eigenvalue weighted by Crippen LogP contribution is -2.09. The second-order valence-electron chi connectivity index (χ2n) is 4.71. The van der Waals surface area contributed by atoms with E-state index in [2.05, 4.69) is 16.9 Å². The molecule has 2 aromatic rings. The number of aromatic nitrogens is 2. The summed E-state index contributed by atoms with van der Waals surface area (Å²) in [6.45, 7) is 2.99. The molecule has 98 valence electrons. The van der Waals surface area contributed by atoms with E-state index in [9.17, 15) is 0 Å². The smallest absolute Gasteiger partial charge is 0.107 e. The molecule has 0 radical (unpaired) electrons. The maximum absolute atomic E-state index is 6.11. The molecule has 1 heterocycles. The molecule has 0 aliphatic heterocycles. The average molecular weight is 266 g/mol. The van der Waals surface area contributed by atoms with Crippen molar-refractivity contribution in [2.24, 2.45) is 11.7 Å². The Kier molecular flexibility index (Phi) is 4.61. The first-order chi connectivity index (χ1) is 8.74. The van der Waals surface area contributed by atoms with Gasteiger partial charge in [-0.1, -0.05) is 31.0 Å². The summed E-state index contributed by atoms with van der Waals surface area (Å²) in [4.78, 5) is 7.89. The predicted molar refractivity (Wildman–Crippen MR) is 76.9 cm³/mol. The number of hydrogen-bond donors (Lipinski definition) is 2. The Balaban J connectivity index is 2.06. The maximum atomic E-state index is 6.11. The van der Waals surface area contributed by atoms with Crippen LogP contribution in [0.25, 0.3) is 11.0 Å². The maximum Gasteiger partial charge on any atom is 0.107 e. The van der Waals surface area contributed by atoms with Crippen molar-refractivity contribution in [1.29, 1.82) is 0 Å². The van der Waals surface area contributed by atoms with Gasteiger partial charge in [0.15, 0.2) is 0 Å². The fourth-order valence-corrected chi connectivity index (χ4v) is 2.51. The number of nitrogens with two attached hydrogens (primary N) is 1. The van der Waals surface area contributed by atoms with Crippen molar-refractivity contribution in [2.75, 3.05) is 6.54 Å². The Morgan fingerprint density at radius 2 is 2.22 bits per heavy atom. The minimum atomic E-state index is 0.693. The third-order valence-electron chi connectivity index (χ3n) is 3.45. The fourth-order valence-electron chi connectivity index (χ4n) is 2.30. The van der Waals surface area contributed by atoms with Gasteiger partial charge in [-0.2, -0.15) is 0 Å². The van der Waals surface area contributed by atoms with Crippen LogP contribution in [-0.2, 0) is 6.42 Å². The molecule has 0 spiro atoms. The lowest BCUT2D eigenvalue weighted by molar-refractivity contribution is 0.440. The van der Waals surface area contributed by atoms with Gasteiger partial charge in [0.25, 0.3) is 0 Å². The van der Waals surface area contributed by atoms with Crippen molar-refractivity contribution in [1.82, 2.24) is 9.97 Å². The number of para-hydroxylation sites is 1. The Hall–Kier alpha value is -1.06. The van der Waals surface area contributed by atoms with E-state index < -0.39 is 0 Å². The van der Waals surface area contributed by atoms with Gasteiger partial charge in [-0.3, -0.25) is 0 Å². The van der Waals surface area contributed by atoms with Crippen molar-refractivity contribution in [2.45, 2.75) is 32.6 Å². The van der Waals surface area contributed by atoms with E-state index in [0.29, 0.717) is 10.9 Å². The minimum absolute atomic E-state index is 0.693. The van der Waals surface area contributed by atoms with Gasteiger partial charge >= 0.3 is 0 Å². The van der Waals surface area contributed by atoms with Crippen LogP contribution in [0.15, 0.2) is 18.2 Å². The van der Waals surface area contributed by atoms with Gasteiger partial charge < -0.3 is 10.7 Å². The van der Waals surface area contributed by atoms with Gasteiger partial charge in [-0.25, -0.2) is 4.98 Å². The van der Waals surface area contributed by atoms with E-state index in [-0.39, 0.29) is 0 Å². The molecule has 2 rings (SSSR count). The molecule has 1 aromatic carbocycles. The Morgan fingerprint density at radius 1 is 1.39 bits per heavy atom. The van der Waals surface area contributed by atoms with Crippen molar-refractivity contribution >= 4 is 22.6 Å². The van der Waals surface area contributed by atoms with E-state index in [0.717, 1.165) is 42.7 Å². The number of halogens is 1. The average Bonchev–Trinajstić information content (AvgIpc) is 2.79. The van der Waals surface area contributed by atoms with Crippen LogP contribution in [0.4, 0.5) is 0 Å². The van der Waals surface area contributed by atoms with Crippen LogP contribution in [0.1, 0.15) is 32.0 Å². The first-order valence-electron chi connectivity index (χ1n) is 6.57. The topological polar surface area (TPSA) is 54.7 Å². The normalized spacial score (nSPS) is 13.1. The van der Waals surface area contributed by atoms with Crippen molar-refractivity contribution < 1.29 is 0 Å². The highest BCUT2D eigenvalue weighted by molar-refractivity contribution is 6.34. The minimum Gasteiger partial charge on any atom is -0.342 e. The van der Waals surface area contributed by atoms with Crippen LogP contribution < -0.4 is 5.73 Å². The summed E-state index contributed by atoms with van der Waals surface area (Å²) in [6, 6.07) is 5.82. The molecular weight excluding hydrogens is 246 g/mol. The first-order valence-corrected chi connectivity index (χ1v) is 6.95. The Labute approximate surface area is 113 Å². The SMILES string of the molecule is CCC(CCN)CCc1nc2c(Cl)cccc2[nH]1. The van der Waals surface area contributed by atoms with Gasteiger partial charge in [-0.15, -0.1) is 0 Å². The molecule has 0 aliphatic carbocycles. The van der Waals surface area contributed by atoms with Crippen molar-refractivity contribution in [3.63, 3.8) is 0 Å². The van der Waals surface area contributed by atoms with Crippen LogP contribution in [0.3, 0.4) is 0 Å². The number of nitrogens with zero attached hydrogens (tertiary/aromatic N) is 1. The second-order valence-corrected chi connectivity index (χ2v) is 5.12. The summed E-state index contributed by atoms with van der Waals surface area (Å²) in [5.74, 6) is 1.72. The summed E-state index contributed by atoms with van der Waals surface area (Å²) in [6.07, 6.45) is 4.37. The fraction of sp³-hybridized carbons (Fsp3) is 0.500. The van der Waals surface area contributed by atoms with E-state index >= 15 is 0 Å². The van der Waals surface area contributed by atoms with Gasteiger partial charge in [0, 0.05) is 6.42 Å². The van der Waals surface area contributed by atoms with Crippen LogP contribution in [-0.4, -0.2) is 16.5 Å². The summed E-state index contributed by atoms with van der Waals surface area (Å²) in [7, 11) is 0. The number of rotatable bonds is 6. The van der Waals surface area contributed by atoms with Crippen molar-refractivity contribution in [3.05, 3.63) is 29.0 Å². The lowest BCUT2D eigenvalue weighted by Gasteiger charge is -2.11. The molecule has 4 heteroatoms. The Bertz CT molecular complexity index is 507. The molecule has 1 aromatic heterocycles. The van der Waals surface area contributed by atoms with Gasteiger partial charge in [0.1, 0.15) is 11.3 Å². The number of imidazole rings is 1. The lowest BCUT2D eigenvalue weighted by atomic mass is 9.96. The number of nitrogens with one attached hydrogen (secondary N) is 1. The zero-order valence-corrected chi connectivity index (χ0v) is 11.5. The number of aromatic amines is 1. The standard InChI is InChI=1S/C14H20ClN3/c1-2-10(8-9-16)6-7-13-17-12-5-3-4-11(15)14(12)18-13/h3-5,10H,2,6-9,16H2,1H3,(H,17,18). The number of fused-ring (bicyclic) bond motifs is 1. The summed E-state index contributed by atoms with van der Waals surface area (Å²) in [5.41, 5.74) is 7.51. The highest BCUT2D eigenvalue weighted by atomic mass is 35.5. The van der Waals surface area contributed by atoms with E-state index in [4.69, 9.17) is 17.3 Å². The molecule has 0 aliphatic rings. The number of hydrogen-bond acceptors (Lipinski definition) is 2. The summed E-state index contributed by atoms with van der Waals surface area (Å²) >= 11 is 6.11. The predicted octanol–water partition coefficient (Wildman–Crippen LogP) is 3.52. The summed E-state index contributed by atoms with van der Waals surface area (Å²) in [5, 5.41) is 0.712. The third-order valence-corrected chi connectivity index (χ3v) is 3.76. The number of benzene rings is 1. The zero-order valence-electron chi connectivity index (χ0n) is 10.7. The van der Waals surface area contributed by atoms with Crippen molar-refractivity contribution in [3.8, 4) is 0 Å². The van der Waals surface area contributed by atoms with E-state index in [1.807, 2.05) is 18.2 Å². The molecule has 0 bridgehead atoms. The first kappa shape index (κ1) is 13.4. The molecule has 0 saturated heterocycles. The van der Waals surface area contributed by atoms with E-state index in [1.165, 1.54) is 6.42 Å². The molecule has 1 unspecified atom stereocenters.